The van der Waals surface area contributed by atoms with E-state index < -0.39 is 10.0 Å². The number of nitrogens with one attached hydrogen (secondary N) is 2. The van der Waals surface area contributed by atoms with Gasteiger partial charge >= 0.3 is 0 Å². The van der Waals surface area contributed by atoms with Crippen molar-refractivity contribution in [2.75, 3.05) is 11.9 Å². The van der Waals surface area contributed by atoms with Crippen molar-refractivity contribution >= 4 is 39.2 Å². The van der Waals surface area contributed by atoms with Gasteiger partial charge in [-0.15, -0.1) is 0 Å². The number of carbonyl (C=O) groups is 1. The number of nitrogens with zero attached hydrogens (tertiary/aromatic N) is 3. The number of pyridine rings is 1. The summed E-state index contributed by atoms with van der Waals surface area (Å²) >= 11 is 1.36. The van der Waals surface area contributed by atoms with Crippen molar-refractivity contribution in [2.45, 2.75) is 35.4 Å². The van der Waals surface area contributed by atoms with E-state index in [0.29, 0.717) is 46.6 Å². The monoisotopic (exact) mass is 471 g/mol. The highest BCUT2D eigenvalue weighted by molar-refractivity contribution is 7.98. The molecule has 2 N–H and O–H groups in total. The summed E-state index contributed by atoms with van der Waals surface area (Å²) in [5.74, 6) is 1.28. The molecular weight excluding hydrogens is 450 g/mol. The molecule has 0 spiro atoms. The van der Waals surface area contributed by atoms with Gasteiger partial charge in [0.05, 0.1) is 16.2 Å². The van der Waals surface area contributed by atoms with Crippen molar-refractivity contribution < 1.29 is 17.7 Å². The number of amidine groups is 1. The molecule has 4 rings (SSSR count). The van der Waals surface area contributed by atoms with Crippen molar-refractivity contribution in [1.82, 2.24) is 14.9 Å². The number of anilines is 1. The molecular formula is C21H21N5O4S2. The second-order valence-electron chi connectivity index (χ2n) is 7.09. The number of aryl methyl sites for hydroxylation is 1. The van der Waals surface area contributed by atoms with Gasteiger partial charge in [-0.25, -0.2) is 13.4 Å². The zero-order valence-corrected chi connectivity index (χ0v) is 18.9. The van der Waals surface area contributed by atoms with Crippen LogP contribution >= 0.6 is 11.8 Å². The predicted molar refractivity (Wildman–Crippen MR) is 121 cm³/mol. The van der Waals surface area contributed by atoms with Crippen molar-refractivity contribution in [3.05, 3.63) is 65.7 Å². The second kappa shape index (κ2) is 9.53. The standard InChI is InChI=1S/C21H21N5O4S2/c1-14-11-16(25-30-14)13-31-21-18(7-3-10-23-21)20(27)24-15-5-2-6-17(12-15)32(28,29)26-19-8-4-9-22-19/h2-3,5-7,10-12H,4,8-9,13H2,1H3,(H,22,26)(H,24,27). The Morgan fingerprint density at radius 2 is 2.09 bits per heavy atom. The normalized spacial score (nSPS) is 13.6. The molecule has 0 unspecified atom stereocenters. The number of carbonyl (C=O) groups excluding carboxylic acids is 1. The van der Waals surface area contributed by atoms with Gasteiger partial charge in [-0.3, -0.25) is 14.5 Å². The van der Waals surface area contributed by atoms with E-state index >= 15 is 0 Å². The lowest BCUT2D eigenvalue weighted by Crippen LogP contribution is -2.29. The van der Waals surface area contributed by atoms with Gasteiger partial charge in [-0.2, -0.15) is 0 Å². The highest BCUT2D eigenvalue weighted by atomic mass is 32.2. The number of hydrogen-bond acceptors (Lipinski definition) is 8. The van der Waals surface area contributed by atoms with Gasteiger partial charge in [-0.1, -0.05) is 23.0 Å². The van der Waals surface area contributed by atoms with E-state index in [2.05, 4.69) is 25.2 Å². The van der Waals surface area contributed by atoms with Crippen LogP contribution in [0.4, 0.5) is 5.69 Å². The molecule has 0 saturated carbocycles. The minimum absolute atomic E-state index is 0.0482. The van der Waals surface area contributed by atoms with E-state index in [-0.39, 0.29) is 10.8 Å². The van der Waals surface area contributed by atoms with E-state index in [4.69, 9.17) is 4.52 Å². The Morgan fingerprint density at radius 1 is 1.22 bits per heavy atom. The average molecular weight is 472 g/mol. The first-order chi connectivity index (χ1) is 15.4. The van der Waals surface area contributed by atoms with Gasteiger partial charge in [0.2, 0.25) is 0 Å². The SMILES string of the molecule is Cc1cc(CSc2ncccc2C(=O)Nc2cccc(S(=O)(=O)NC3=NCCC3)c2)no1. The average Bonchev–Trinajstić information content (AvgIpc) is 3.44. The van der Waals surface area contributed by atoms with Gasteiger partial charge in [-0.05, 0) is 43.7 Å². The maximum atomic E-state index is 12.9. The molecule has 1 aliphatic heterocycles. The molecule has 32 heavy (non-hydrogen) atoms. The summed E-state index contributed by atoms with van der Waals surface area (Å²) in [7, 11) is -3.78. The van der Waals surface area contributed by atoms with Crippen LogP contribution in [0.25, 0.3) is 0 Å². The first kappa shape index (κ1) is 22.0. The Kier molecular flexibility index (Phi) is 6.56. The fraction of sp³-hybridized carbons (Fsp3) is 0.238. The highest BCUT2D eigenvalue weighted by Gasteiger charge is 2.19. The number of rotatable bonds is 7. The molecule has 0 aliphatic carbocycles. The molecule has 1 amide bonds. The Balaban J connectivity index is 1.48. The third kappa shape index (κ3) is 5.35. The number of benzene rings is 1. The van der Waals surface area contributed by atoms with Crippen LogP contribution in [0, 0.1) is 6.92 Å². The Bertz CT molecular complexity index is 1270. The van der Waals surface area contributed by atoms with Gasteiger partial charge in [0.15, 0.2) is 0 Å². The number of thioether (sulfide) groups is 1. The van der Waals surface area contributed by atoms with E-state index in [1.165, 1.54) is 23.9 Å². The van der Waals surface area contributed by atoms with Gasteiger partial charge in [0.1, 0.15) is 16.6 Å². The maximum Gasteiger partial charge on any atom is 0.262 e. The van der Waals surface area contributed by atoms with Crippen LogP contribution in [0.1, 0.15) is 34.7 Å². The molecule has 0 fully saturated rings. The van der Waals surface area contributed by atoms with Crippen molar-refractivity contribution in [2.24, 2.45) is 4.99 Å². The first-order valence-electron chi connectivity index (χ1n) is 9.88. The molecule has 166 valence electrons. The summed E-state index contributed by atoms with van der Waals surface area (Å²) in [5.41, 5.74) is 1.49. The topological polar surface area (TPSA) is 127 Å². The van der Waals surface area contributed by atoms with Crippen molar-refractivity contribution in [3.63, 3.8) is 0 Å². The summed E-state index contributed by atoms with van der Waals surface area (Å²) < 4.78 is 32.9. The largest absolute Gasteiger partial charge is 0.361 e. The lowest BCUT2D eigenvalue weighted by molar-refractivity contribution is 0.102. The number of hydrogen-bond donors (Lipinski definition) is 2. The molecule has 1 aromatic carbocycles. The van der Waals surface area contributed by atoms with Crippen LogP contribution in [0.2, 0.25) is 0 Å². The Labute approximate surface area is 189 Å². The molecule has 11 heteroatoms. The quantitative estimate of drug-likeness (QED) is 0.506. The molecule has 3 heterocycles. The van der Waals surface area contributed by atoms with Crippen LogP contribution in [-0.4, -0.2) is 36.8 Å². The van der Waals surface area contributed by atoms with Crippen molar-refractivity contribution in [1.29, 1.82) is 0 Å². The van der Waals surface area contributed by atoms with E-state index in [1.54, 1.807) is 30.5 Å². The molecule has 0 bridgehead atoms. The molecule has 1 aliphatic rings. The maximum absolute atomic E-state index is 12.9. The summed E-state index contributed by atoms with van der Waals surface area (Å²) in [4.78, 5) is 21.4. The fourth-order valence-corrected chi connectivity index (χ4v) is 5.09. The lowest BCUT2D eigenvalue weighted by Gasteiger charge is -2.11. The highest BCUT2D eigenvalue weighted by Crippen LogP contribution is 2.25. The Hall–Kier alpha value is -3.18. The summed E-state index contributed by atoms with van der Waals surface area (Å²) in [6.45, 7) is 2.43. The van der Waals surface area contributed by atoms with Crippen LogP contribution in [-0.2, 0) is 15.8 Å². The van der Waals surface area contributed by atoms with Gasteiger partial charge in [0, 0.05) is 36.7 Å². The molecule has 3 aromatic rings. The van der Waals surface area contributed by atoms with Crippen LogP contribution < -0.4 is 10.0 Å². The Morgan fingerprint density at radius 3 is 2.84 bits per heavy atom. The van der Waals surface area contributed by atoms with Crippen molar-refractivity contribution in [3.8, 4) is 0 Å². The molecule has 2 aromatic heterocycles. The predicted octanol–water partition coefficient (Wildman–Crippen LogP) is 3.39. The minimum atomic E-state index is -3.78. The zero-order valence-electron chi connectivity index (χ0n) is 17.2. The van der Waals surface area contributed by atoms with E-state index in [0.717, 1.165) is 12.1 Å². The summed E-state index contributed by atoms with van der Waals surface area (Å²) in [5, 5.41) is 7.24. The van der Waals surface area contributed by atoms with Gasteiger partial charge < -0.3 is 9.84 Å². The lowest BCUT2D eigenvalue weighted by atomic mass is 10.2. The molecule has 0 atom stereocenters. The molecule has 0 saturated heterocycles. The second-order valence-corrected chi connectivity index (χ2v) is 9.74. The number of aliphatic imine (C=N–C) groups is 1. The smallest absolute Gasteiger partial charge is 0.262 e. The number of aromatic nitrogens is 2. The van der Waals surface area contributed by atoms with Crippen LogP contribution in [0.3, 0.4) is 0 Å². The molecule has 9 nitrogen and oxygen atoms in total. The summed E-state index contributed by atoms with van der Waals surface area (Å²) in [6.07, 6.45) is 3.04. The minimum Gasteiger partial charge on any atom is -0.361 e. The summed E-state index contributed by atoms with van der Waals surface area (Å²) in [6, 6.07) is 11.3. The van der Waals surface area contributed by atoms with Gasteiger partial charge in [0.25, 0.3) is 15.9 Å². The third-order valence-electron chi connectivity index (χ3n) is 4.58. The molecule has 0 radical (unpaired) electrons. The van der Waals surface area contributed by atoms with E-state index in [9.17, 15) is 13.2 Å². The third-order valence-corrected chi connectivity index (χ3v) is 7.00. The first-order valence-corrected chi connectivity index (χ1v) is 12.4. The van der Waals surface area contributed by atoms with Crippen LogP contribution in [0.15, 0.2) is 68.1 Å². The van der Waals surface area contributed by atoms with E-state index in [1.807, 2.05) is 13.0 Å². The fourth-order valence-electron chi connectivity index (χ4n) is 3.08. The zero-order chi connectivity index (χ0) is 22.6. The number of sulfonamides is 1. The van der Waals surface area contributed by atoms with Crippen LogP contribution in [0.5, 0.6) is 0 Å². The number of amides is 1.